The quantitative estimate of drug-likeness (QED) is 0.345. The fourth-order valence-electron chi connectivity index (χ4n) is 2.60. The van der Waals surface area contributed by atoms with E-state index in [1.54, 1.807) is 14.2 Å². The Morgan fingerprint density at radius 3 is 2.50 bits per heavy atom. The predicted octanol–water partition coefficient (Wildman–Crippen LogP) is 1.16. The van der Waals surface area contributed by atoms with Gasteiger partial charge in [0.2, 0.25) is 0 Å². The van der Waals surface area contributed by atoms with Crippen molar-refractivity contribution < 1.29 is 9.47 Å². The Bertz CT molecular complexity index is 297. The molecule has 1 fully saturated rings. The molecule has 0 aromatic heterocycles. The van der Waals surface area contributed by atoms with Crippen molar-refractivity contribution in [3.63, 3.8) is 0 Å². The zero-order valence-electron chi connectivity index (χ0n) is 14.4. The largest absolute Gasteiger partial charge is 0.383 e. The number of guanidine groups is 1. The lowest BCUT2D eigenvalue weighted by Crippen LogP contribution is -2.46. The van der Waals surface area contributed by atoms with Gasteiger partial charge >= 0.3 is 0 Å². The topological polar surface area (TPSA) is 58.1 Å². The highest BCUT2D eigenvalue weighted by Gasteiger charge is 2.19. The molecule has 22 heavy (non-hydrogen) atoms. The van der Waals surface area contributed by atoms with Crippen LogP contribution >= 0.6 is 24.0 Å². The molecule has 0 aromatic rings. The maximum Gasteiger partial charge on any atom is 0.191 e. The summed E-state index contributed by atoms with van der Waals surface area (Å²) in [6.07, 6.45) is 2.47. The number of nitrogens with zero attached hydrogens (tertiary/aromatic N) is 2. The van der Waals surface area contributed by atoms with E-state index in [0.29, 0.717) is 6.61 Å². The summed E-state index contributed by atoms with van der Waals surface area (Å²) >= 11 is 0. The molecule has 0 aliphatic carbocycles. The zero-order valence-corrected chi connectivity index (χ0v) is 16.8. The fourth-order valence-corrected chi connectivity index (χ4v) is 2.60. The number of hydrogen-bond acceptors (Lipinski definition) is 4. The van der Waals surface area contributed by atoms with Crippen LogP contribution in [0.5, 0.6) is 0 Å². The molecule has 0 spiro atoms. The molecule has 1 saturated heterocycles. The summed E-state index contributed by atoms with van der Waals surface area (Å²) in [5, 5.41) is 6.76. The summed E-state index contributed by atoms with van der Waals surface area (Å²) in [6, 6.07) is 0.261. The van der Waals surface area contributed by atoms with Crippen molar-refractivity contribution in [2.24, 2.45) is 10.9 Å². The number of likely N-dealkylation sites (tertiary alicyclic amines) is 1. The zero-order chi connectivity index (χ0) is 15.5. The lowest BCUT2D eigenvalue weighted by Gasteiger charge is -2.32. The number of aliphatic imine (C=N–C) groups is 1. The van der Waals surface area contributed by atoms with E-state index in [9.17, 15) is 0 Å². The molecule has 1 rings (SSSR count). The van der Waals surface area contributed by atoms with Gasteiger partial charge in [-0.15, -0.1) is 24.0 Å². The molecule has 1 unspecified atom stereocenters. The Labute approximate surface area is 152 Å². The van der Waals surface area contributed by atoms with Crippen LogP contribution in [0.4, 0.5) is 0 Å². The second-order valence-corrected chi connectivity index (χ2v) is 5.73. The van der Waals surface area contributed by atoms with E-state index in [0.717, 1.165) is 31.6 Å². The van der Waals surface area contributed by atoms with Crippen LogP contribution in [0.1, 0.15) is 19.8 Å². The number of ether oxygens (including phenoxy) is 2. The molecule has 2 N–H and O–H groups in total. The van der Waals surface area contributed by atoms with E-state index in [1.807, 2.05) is 7.05 Å². The lowest BCUT2D eigenvalue weighted by molar-refractivity contribution is 0.120. The summed E-state index contributed by atoms with van der Waals surface area (Å²) in [4.78, 5) is 6.74. The maximum absolute atomic E-state index is 5.13. The van der Waals surface area contributed by atoms with E-state index in [2.05, 4.69) is 27.4 Å². The molecule has 1 aliphatic heterocycles. The molecule has 0 radical (unpaired) electrons. The second kappa shape index (κ2) is 13.3. The molecular formula is C15H33IN4O2. The van der Waals surface area contributed by atoms with Crippen LogP contribution in [0, 0.1) is 5.92 Å². The average Bonchev–Trinajstić information content (AvgIpc) is 2.50. The normalized spacial score (nSPS) is 18.6. The van der Waals surface area contributed by atoms with Gasteiger partial charge in [0.05, 0.1) is 13.2 Å². The molecule has 0 bridgehead atoms. The number of piperidine rings is 1. The van der Waals surface area contributed by atoms with E-state index >= 15 is 0 Å². The van der Waals surface area contributed by atoms with Crippen molar-refractivity contribution in [1.29, 1.82) is 0 Å². The van der Waals surface area contributed by atoms with Gasteiger partial charge in [-0.2, -0.15) is 0 Å². The van der Waals surface area contributed by atoms with Crippen LogP contribution < -0.4 is 10.6 Å². The third kappa shape index (κ3) is 9.12. The van der Waals surface area contributed by atoms with Crippen molar-refractivity contribution in [1.82, 2.24) is 15.5 Å². The van der Waals surface area contributed by atoms with Crippen LogP contribution in [0.3, 0.4) is 0 Å². The third-order valence-corrected chi connectivity index (χ3v) is 3.90. The highest BCUT2D eigenvalue weighted by Crippen LogP contribution is 2.15. The molecule has 1 aliphatic rings. The summed E-state index contributed by atoms with van der Waals surface area (Å²) in [5.74, 6) is 1.58. The van der Waals surface area contributed by atoms with E-state index < -0.39 is 0 Å². The van der Waals surface area contributed by atoms with Crippen LogP contribution in [-0.2, 0) is 9.47 Å². The van der Waals surface area contributed by atoms with E-state index in [4.69, 9.17) is 9.47 Å². The number of halogens is 1. The van der Waals surface area contributed by atoms with E-state index in [1.165, 1.54) is 25.9 Å². The summed E-state index contributed by atoms with van der Waals surface area (Å²) in [6.45, 7) is 7.97. The maximum atomic E-state index is 5.13. The van der Waals surface area contributed by atoms with Crippen LogP contribution in [0.25, 0.3) is 0 Å². The molecule has 6 nitrogen and oxygen atoms in total. The van der Waals surface area contributed by atoms with Crippen molar-refractivity contribution >= 4 is 29.9 Å². The van der Waals surface area contributed by atoms with Crippen molar-refractivity contribution in [3.05, 3.63) is 0 Å². The first-order chi connectivity index (χ1) is 10.2. The molecule has 0 saturated carbocycles. The smallest absolute Gasteiger partial charge is 0.191 e. The average molecular weight is 428 g/mol. The van der Waals surface area contributed by atoms with Crippen molar-refractivity contribution in [2.45, 2.75) is 25.8 Å². The summed E-state index contributed by atoms with van der Waals surface area (Å²) in [5.41, 5.74) is 0. The minimum absolute atomic E-state index is 0. The molecule has 7 heteroatoms. The standard InChI is InChI=1S/C15H32N4O2.HI/c1-13(12-21-4)18-15(16-2)17-11-14-5-7-19(8-6-14)9-10-20-3;/h13-14H,5-12H2,1-4H3,(H2,16,17,18);1H. The molecular weight excluding hydrogens is 395 g/mol. The minimum atomic E-state index is 0. The Kier molecular flexibility index (Phi) is 13.3. The van der Waals surface area contributed by atoms with Gasteiger partial charge in [0.15, 0.2) is 5.96 Å². The Hall–Kier alpha value is -0.120. The molecule has 132 valence electrons. The van der Waals surface area contributed by atoms with Gasteiger partial charge in [-0.3, -0.25) is 4.99 Å². The molecule has 0 amide bonds. The molecule has 1 atom stereocenters. The van der Waals surface area contributed by atoms with Gasteiger partial charge < -0.3 is 25.0 Å². The minimum Gasteiger partial charge on any atom is -0.383 e. The first kappa shape index (κ1) is 21.9. The van der Waals surface area contributed by atoms with Crippen molar-refractivity contribution in [2.75, 3.05) is 60.7 Å². The van der Waals surface area contributed by atoms with Gasteiger partial charge in [0.25, 0.3) is 0 Å². The van der Waals surface area contributed by atoms with Crippen molar-refractivity contribution in [3.8, 4) is 0 Å². The first-order valence-corrected chi connectivity index (χ1v) is 7.87. The lowest BCUT2D eigenvalue weighted by atomic mass is 9.97. The number of rotatable bonds is 8. The Balaban J connectivity index is 0.00000441. The van der Waals surface area contributed by atoms with Crippen LogP contribution in [0.2, 0.25) is 0 Å². The third-order valence-electron chi connectivity index (χ3n) is 3.90. The Morgan fingerprint density at radius 1 is 1.27 bits per heavy atom. The van der Waals surface area contributed by atoms with Gasteiger partial charge in [-0.05, 0) is 38.8 Å². The van der Waals surface area contributed by atoms with Gasteiger partial charge in [0, 0.05) is 40.4 Å². The number of nitrogens with one attached hydrogen (secondary N) is 2. The Morgan fingerprint density at radius 2 is 1.95 bits per heavy atom. The predicted molar refractivity (Wildman–Crippen MR) is 102 cm³/mol. The summed E-state index contributed by atoms with van der Waals surface area (Å²) in [7, 11) is 5.29. The first-order valence-electron chi connectivity index (χ1n) is 7.87. The van der Waals surface area contributed by atoms with Gasteiger partial charge in [0.1, 0.15) is 0 Å². The van der Waals surface area contributed by atoms with Gasteiger partial charge in [-0.1, -0.05) is 0 Å². The second-order valence-electron chi connectivity index (χ2n) is 5.73. The molecule has 0 aromatic carbocycles. The highest BCUT2D eigenvalue weighted by molar-refractivity contribution is 14.0. The van der Waals surface area contributed by atoms with E-state index in [-0.39, 0.29) is 30.0 Å². The highest BCUT2D eigenvalue weighted by atomic mass is 127. The van der Waals surface area contributed by atoms with Gasteiger partial charge in [-0.25, -0.2) is 0 Å². The fraction of sp³-hybridized carbons (Fsp3) is 0.933. The number of methoxy groups -OCH3 is 2. The van der Waals surface area contributed by atoms with Crippen LogP contribution in [-0.4, -0.2) is 77.6 Å². The van der Waals surface area contributed by atoms with Crippen LogP contribution in [0.15, 0.2) is 4.99 Å². The monoisotopic (exact) mass is 428 g/mol. The number of hydrogen-bond donors (Lipinski definition) is 2. The molecule has 1 heterocycles. The SMILES string of the molecule is CN=C(NCC1CCN(CCOC)CC1)NC(C)COC.I. The summed E-state index contributed by atoms with van der Waals surface area (Å²) < 4.78 is 10.3.